The standard InChI is InChI=1S/C32H45N4O9PS2/c1-7-43-46(38,44-8-2)45-34-32-27-11-9-25(47(39,40)35-17-21(3)13-22(4)18-35)15-29(27)31(33-37)30-16-26(10-12-28(30)32)48(41,42)36-19-23(5)14-24(6)20-36/h9-12,15-16,21-24,34H,7-8,13-14,17-20H2,1-6H3/t21-,22+,23-,24+. The lowest BCUT2D eigenvalue weighted by atomic mass is 9.94. The highest BCUT2D eigenvalue weighted by Crippen LogP contribution is 2.51. The highest BCUT2D eigenvalue weighted by atomic mass is 32.2. The number of rotatable bonds is 12. The van der Waals surface area contributed by atoms with Crippen molar-refractivity contribution in [2.45, 2.75) is 64.2 Å². The summed E-state index contributed by atoms with van der Waals surface area (Å²) in [5.74, 6) is 0.688. The van der Waals surface area contributed by atoms with Gasteiger partial charge in [0.05, 0.1) is 28.7 Å². The van der Waals surface area contributed by atoms with E-state index in [-0.39, 0.29) is 68.8 Å². The summed E-state index contributed by atoms with van der Waals surface area (Å²) in [4.78, 5) is 12.5. The molecule has 48 heavy (non-hydrogen) atoms. The van der Waals surface area contributed by atoms with Crippen molar-refractivity contribution in [2.24, 2.45) is 28.8 Å². The molecule has 2 fully saturated rings. The SMILES string of the molecule is CCOP(=O)(OCC)ONc1c2ccc(S(=O)(=O)N3C[C@H](C)C[C@H](C)C3)cc2c(N=O)c2cc(S(=O)(=O)N3C[C@H](C)C[C@H](C)C3)ccc12. The van der Waals surface area contributed by atoms with E-state index in [2.05, 4.69) is 10.7 Å². The molecule has 16 heteroatoms. The average Bonchev–Trinajstić information content (AvgIpc) is 3.01. The second kappa shape index (κ2) is 14.4. The van der Waals surface area contributed by atoms with Crippen LogP contribution in [0, 0.1) is 28.6 Å². The monoisotopic (exact) mass is 724 g/mol. The second-order valence-electron chi connectivity index (χ2n) is 13.2. The van der Waals surface area contributed by atoms with Gasteiger partial charge in [0.2, 0.25) is 20.0 Å². The Morgan fingerprint density at radius 2 is 1.12 bits per heavy atom. The zero-order chi connectivity index (χ0) is 35.0. The third-order valence-corrected chi connectivity index (χ3v) is 14.0. The maximum absolute atomic E-state index is 13.9. The first-order valence-electron chi connectivity index (χ1n) is 16.3. The first kappa shape index (κ1) is 36.8. The molecule has 0 radical (unpaired) electrons. The maximum atomic E-state index is 13.9. The van der Waals surface area contributed by atoms with Gasteiger partial charge in [-0.25, -0.2) is 21.4 Å². The molecular formula is C32H45N4O9PS2. The summed E-state index contributed by atoms with van der Waals surface area (Å²) in [5, 5.41) is 4.24. The van der Waals surface area contributed by atoms with Crippen molar-refractivity contribution in [3.63, 3.8) is 0 Å². The van der Waals surface area contributed by atoms with E-state index in [4.69, 9.17) is 13.7 Å². The molecule has 3 aromatic carbocycles. The van der Waals surface area contributed by atoms with Gasteiger partial charge in [-0.05, 0) is 79.8 Å². The van der Waals surface area contributed by atoms with Crippen LogP contribution in [0.4, 0.5) is 11.4 Å². The molecule has 0 bridgehead atoms. The number of phosphoric ester groups is 1. The van der Waals surface area contributed by atoms with Gasteiger partial charge in [0.25, 0.3) is 0 Å². The Hall–Kier alpha value is -2.49. The quantitative estimate of drug-likeness (QED) is 0.0872. The summed E-state index contributed by atoms with van der Waals surface area (Å²) < 4.78 is 87.8. The largest absolute Gasteiger partial charge is 0.496 e. The molecule has 2 aliphatic heterocycles. The minimum atomic E-state index is -4.09. The third kappa shape index (κ3) is 7.34. The number of fused-ring (bicyclic) bond motifs is 2. The topological polar surface area (TPSA) is 161 Å². The van der Waals surface area contributed by atoms with E-state index < -0.39 is 27.9 Å². The predicted octanol–water partition coefficient (Wildman–Crippen LogP) is 7.25. The lowest BCUT2D eigenvalue weighted by Crippen LogP contribution is -2.42. The number of hydrogen-bond acceptors (Lipinski definition) is 11. The Morgan fingerprint density at radius 3 is 1.48 bits per heavy atom. The van der Waals surface area contributed by atoms with E-state index >= 15 is 0 Å². The number of piperidine rings is 2. The fraction of sp³-hybridized carbons (Fsp3) is 0.562. The summed E-state index contributed by atoms with van der Waals surface area (Å²) in [6, 6.07) is 8.66. The Bertz CT molecular complexity index is 1810. The predicted molar refractivity (Wildman–Crippen MR) is 186 cm³/mol. The molecule has 1 N–H and O–H groups in total. The molecule has 5 rings (SSSR count). The van der Waals surface area contributed by atoms with Crippen molar-refractivity contribution in [3.8, 4) is 0 Å². The molecule has 2 aliphatic rings. The molecule has 0 unspecified atom stereocenters. The van der Waals surface area contributed by atoms with Crippen LogP contribution in [0.1, 0.15) is 54.4 Å². The van der Waals surface area contributed by atoms with Gasteiger partial charge < -0.3 is 0 Å². The number of phosphoric acid groups is 1. The zero-order valence-corrected chi connectivity index (χ0v) is 30.7. The third-order valence-electron chi connectivity index (χ3n) is 8.90. The number of nitrogens with one attached hydrogen (secondary N) is 1. The first-order valence-corrected chi connectivity index (χ1v) is 20.7. The molecule has 4 atom stereocenters. The lowest BCUT2D eigenvalue weighted by Gasteiger charge is -2.34. The minimum absolute atomic E-state index is 0.0262. The Labute approximate surface area is 282 Å². The van der Waals surface area contributed by atoms with Gasteiger partial charge in [-0.3, -0.25) is 14.5 Å². The molecule has 2 saturated heterocycles. The Balaban J connectivity index is 1.71. The average molecular weight is 725 g/mol. The van der Waals surface area contributed by atoms with Gasteiger partial charge in [-0.1, -0.05) is 39.8 Å². The van der Waals surface area contributed by atoms with Crippen LogP contribution >= 0.6 is 7.82 Å². The van der Waals surface area contributed by atoms with Crippen molar-refractivity contribution in [3.05, 3.63) is 41.3 Å². The van der Waals surface area contributed by atoms with Gasteiger partial charge in [-0.2, -0.15) is 13.2 Å². The Morgan fingerprint density at radius 1 is 0.729 bits per heavy atom. The smallest absolute Gasteiger partial charge is 0.286 e. The van der Waals surface area contributed by atoms with Gasteiger partial charge in [0, 0.05) is 47.7 Å². The van der Waals surface area contributed by atoms with E-state index in [0.29, 0.717) is 37.0 Å². The summed E-state index contributed by atoms with van der Waals surface area (Å²) in [6.07, 6.45) is 1.83. The number of sulfonamides is 2. The maximum Gasteiger partial charge on any atom is 0.496 e. The normalized spacial score (nSPS) is 23.5. The molecule has 0 spiro atoms. The highest BCUT2D eigenvalue weighted by Gasteiger charge is 2.35. The van der Waals surface area contributed by atoms with Crippen LogP contribution in [-0.2, 0) is 38.3 Å². The van der Waals surface area contributed by atoms with E-state index in [1.54, 1.807) is 13.8 Å². The van der Waals surface area contributed by atoms with Crippen molar-refractivity contribution in [1.82, 2.24) is 8.61 Å². The van der Waals surface area contributed by atoms with Gasteiger partial charge in [0.1, 0.15) is 5.69 Å². The molecule has 0 aliphatic carbocycles. The van der Waals surface area contributed by atoms with Gasteiger partial charge in [0.15, 0.2) is 0 Å². The van der Waals surface area contributed by atoms with Crippen LogP contribution in [0.15, 0.2) is 51.4 Å². The molecule has 0 saturated carbocycles. The summed E-state index contributed by atoms with van der Waals surface area (Å²) >= 11 is 0. The molecular weight excluding hydrogens is 679 g/mol. The van der Waals surface area contributed by atoms with Gasteiger partial charge >= 0.3 is 7.82 Å². The summed E-state index contributed by atoms with van der Waals surface area (Å²) in [6.45, 7) is 12.8. The fourth-order valence-corrected chi connectivity index (χ4v) is 11.5. The summed E-state index contributed by atoms with van der Waals surface area (Å²) in [5.41, 5.74) is 2.74. The zero-order valence-electron chi connectivity index (χ0n) is 28.2. The number of anilines is 1. The van der Waals surface area contributed by atoms with E-state index in [0.717, 1.165) is 12.8 Å². The van der Waals surface area contributed by atoms with Crippen molar-refractivity contribution >= 4 is 60.8 Å². The highest BCUT2D eigenvalue weighted by molar-refractivity contribution is 7.89. The number of nitroso groups, excluding NO2 is 1. The van der Waals surface area contributed by atoms with Gasteiger partial charge in [-0.15, -0.1) is 4.91 Å². The van der Waals surface area contributed by atoms with Crippen LogP contribution in [0.25, 0.3) is 21.5 Å². The molecule has 0 aromatic heterocycles. The molecule has 0 amide bonds. The molecule has 13 nitrogen and oxygen atoms in total. The Kier molecular flexibility index (Phi) is 11.0. The van der Waals surface area contributed by atoms with Crippen LogP contribution < -0.4 is 5.48 Å². The van der Waals surface area contributed by atoms with Crippen LogP contribution in [0.5, 0.6) is 0 Å². The lowest BCUT2D eigenvalue weighted by molar-refractivity contribution is 0.140. The van der Waals surface area contributed by atoms with Crippen LogP contribution in [-0.4, -0.2) is 64.8 Å². The molecule has 2 heterocycles. The van der Waals surface area contributed by atoms with Crippen molar-refractivity contribution < 1.29 is 35.1 Å². The van der Waals surface area contributed by atoms with Crippen molar-refractivity contribution in [1.29, 1.82) is 0 Å². The van der Waals surface area contributed by atoms with E-state index in [9.17, 15) is 26.3 Å². The van der Waals surface area contributed by atoms with E-state index in [1.807, 2.05) is 27.7 Å². The first-order chi connectivity index (χ1) is 22.6. The fourth-order valence-electron chi connectivity index (χ4n) is 7.10. The molecule has 3 aromatic rings. The number of nitrogens with zero attached hydrogens (tertiary/aromatic N) is 3. The minimum Gasteiger partial charge on any atom is -0.286 e. The summed E-state index contributed by atoms with van der Waals surface area (Å²) in [7, 11) is -12.0. The number of hydrogen-bond donors (Lipinski definition) is 1. The van der Waals surface area contributed by atoms with Crippen LogP contribution in [0.3, 0.4) is 0 Å². The van der Waals surface area contributed by atoms with Crippen LogP contribution in [0.2, 0.25) is 0 Å². The molecule has 264 valence electrons. The second-order valence-corrected chi connectivity index (χ2v) is 18.7. The number of benzene rings is 3. The van der Waals surface area contributed by atoms with Crippen molar-refractivity contribution in [2.75, 3.05) is 44.9 Å². The van der Waals surface area contributed by atoms with E-state index in [1.165, 1.54) is 45.0 Å².